The van der Waals surface area contributed by atoms with Crippen LogP contribution in [0.3, 0.4) is 0 Å². The molecule has 25 heavy (non-hydrogen) atoms. The summed E-state index contributed by atoms with van der Waals surface area (Å²) in [5.41, 5.74) is 2.00. The van der Waals surface area contributed by atoms with Gasteiger partial charge in [0.25, 0.3) is 0 Å². The lowest BCUT2D eigenvalue weighted by molar-refractivity contribution is -0.115. The van der Waals surface area contributed by atoms with Gasteiger partial charge in [-0.1, -0.05) is 72.8 Å². The molecule has 0 N–H and O–H groups in total. The van der Waals surface area contributed by atoms with E-state index in [9.17, 15) is 4.79 Å². The lowest BCUT2D eigenvalue weighted by Gasteiger charge is -2.35. The molecule has 0 fully saturated rings. The smallest absolute Gasteiger partial charge is 0.145 e. The molecule has 3 aromatic carbocycles. The molecule has 0 unspecified atom stereocenters. The first-order chi connectivity index (χ1) is 12.3. The number of ether oxygens (including phenoxy) is 2. The van der Waals surface area contributed by atoms with Gasteiger partial charge in [-0.2, -0.15) is 0 Å². The Morgan fingerprint density at radius 2 is 1.24 bits per heavy atom. The number of carbonyl (C=O) groups is 1. The van der Waals surface area contributed by atoms with Crippen LogP contribution in [0.1, 0.15) is 16.7 Å². The summed E-state index contributed by atoms with van der Waals surface area (Å²) in [6.07, 6.45) is 0.782. The monoisotopic (exact) mass is 332 g/mol. The van der Waals surface area contributed by atoms with Gasteiger partial charge >= 0.3 is 0 Å². The normalized spacial score (nSPS) is 11.1. The van der Waals surface area contributed by atoms with Crippen molar-refractivity contribution >= 4 is 6.29 Å². The molecular formula is C22H20O3. The van der Waals surface area contributed by atoms with E-state index in [0.717, 1.165) is 28.7 Å². The van der Waals surface area contributed by atoms with Crippen molar-refractivity contribution in [2.24, 2.45) is 0 Å². The van der Waals surface area contributed by atoms with E-state index in [1.165, 1.54) is 0 Å². The molecule has 0 aromatic heterocycles. The van der Waals surface area contributed by atoms with Crippen LogP contribution in [0.4, 0.5) is 0 Å². The minimum absolute atomic E-state index is 0.00415. The van der Waals surface area contributed by atoms with Gasteiger partial charge in [-0.25, -0.2) is 0 Å². The standard InChI is InChI=1S/C22H20O3/c1-24-21-14-12-20(13-15-21)22(25-17-16-23,18-8-4-2-5-9-18)19-10-6-3-7-11-19/h2-16H,17H2,1H3. The Labute approximate surface area is 147 Å². The number of benzene rings is 3. The van der Waals surface area contributed by atoms with E-state index >= 15 is 0 Å². The van der Waals surface area contributed by atoms with Gasteiger partial charge in [-0.3, -0.25) is 0 Å². The van der Waals surface area contributed by atoms with E-state index in [1.54, 1.807) is 7.11 Å². The van der Waals surface area contributed by atoms with E-state index in [2.05, 4.69) is 0 Å². The number of aldehydes is 1. The summed E-state index contributed by atoms with van der Waals surface area (Å²) in [5, 5.41) is 0. The maximum absolute atomic E-state index is 11.1. The van der Waals surface area contributed by atoms with Gasteiger partial charge in [-0.05, 0) is 28.8 Å². The molecule has 0 spiro atoms. The molecule has 0 heterocycles. The molecule has 3 aromatic rings. The zero-order valence-electron chi connectivity index (χ0n) is 14.1. The van der Waals surface area contributed by atoms with Crippen molar-refractivity contribution in [2.75, 3.05) is 13.7 Å². The Morgan fingerprint density at radius 3 is 1.68 bits per heavy atom. The zero-order chi connectivity index (χ0) is 17.5. The van der Waals surface area contributed by atoms with Gasteiger partial charge in [-0.15, -0.1) is 0 Å². The molecule has 0 bridgehead atoms. The molecule has 0 aliphatic rings. The molecule has 0 saturated heterocycles. The van der Waals surface area contributed by atoms with Crippen LogP contribution in [0.5, 0.6) is 5.75 Å². The third kappa shape index (κ3) is 3.32. The fourth-order valence-corrected chi connectivity index (χ4v) is 3.08. The molecule has 0 atom stereocenters. The van der Waals surface area contributed by atoms with Crippen LogP contribution < -0.4 is 4.74 Å². The van der Waals surface area contributed by atoms with Gasteiger partial charge in [0.2, 0.25) is 0 Å². The van der Waals surface area contributed by atoms with Gasteiger partial charge in [0.05, 0.1) is 7.11 Å². The van der Waals surface area contributed by atoms with Crippen molar-refractivity contribution < 1.29 is 14.3 Å². The summed E-state index contributed by atoms with van der Waals surface area (Å²) >= 11 is 0. The molecule has 0 amide bonds. The van der Waals surface area contributed by atoms with Crippen LogP contribution in [0.2, 0.25) is 0 Å². The van der Waals surface area contributed by atoms with Crippen molar-refractivity contribution in [2.45, 2.75) is 5.60 Å². The summed E-state index contributed by atoms with van der Waals surface area (Å²) in [7, 11) is 1.64. The molecule has 126 valence electrons. The van der Waals surface area contributed by atoms with Crippen LogP contribution in [0.15, 0.2) is 84.9 Å². The molecular weight excluding hydrogens is 312 g/mol. The summed E-state index contributed by atoms with van der Waals surface area (Å²) in [5.74, 6) is 0.772. The van der Waals surface area contributed by atoms with Crippen molar-refractivity contribution in [1.82, 2.24) is 0 Å². The SMILES string of the molecule is COc1ccc(C(OCC=O)(c2ccccc2)c2ccccc2)cc1. The lowest BCUT2D eigenvalue weighted by Crippen LogP contribution is -2.33. The second kappa shape index (κ2) is 7.77. The molecule has 3 heteroatoms. The second-order valence-electron chi connectivity index (χ2n) is 5.62. The fourth-order valence-electron chi connectivity index (χ4n) is 3.08. The molecule has 0 aliphatic carbocycles. The molecule has 0 radical (unpaired) electrons. The molecule has 3 rings (SSSR count). The van der Waals surface area contributed by atoms with Crippen LogP contribution in [0, 0.1) is 0 Å². The number of hydrogen-bond acceptors (Lipinski definition) is 3. The highest BCUT2D eigenvalue weighted by molar-refractivity contribution is 5.53. The number of carbonyl (C=O) groups excluding carboxylic acids is 1. The summed E-state index contributed by atoms with van der Waals surface area (Å²) < 4.78 is 11.5. The van der Waals surface area contributed by atoms with Crippen molar-refractivity contribution in [3.63, 3.8) is 0 Å². The quantitative estimate of drug-likeness (QED) is 0.480. The van der Waals surface area contributed by atoms with E-state index < -0.39 is 5.60 Å². The van der Waals surface area contributed by atoms with Crippen LogP contribution in [-0.2, 0) is 15.1 Å². The van der Waals surface area contributed by atoms with Crippen LogP contribution in [-0.4, -0.2) is 20.0 Å². The highest BCUT2D eigenvalue weighted by Gasteiger charge is 2.37. The highest BCUT2D eigenvalue weighted by atomic mass is 16.5. The first kappa shape index (κ1) is 16.9. The van der Waals surface area contributed by atoms with E-state index in [0.29, 0.717) is 0 Å². The third-order valence-electron chi connectivity index (χ3n) is 4.23. The molecule has 0 aliphatic heterocycles. The van der Waals surface area contributed by atoms with Crippen LogP contribution in [0.25, 0.3) is 0 Å². The zero-order valence-corrected chi connectivity index (χ0v) is 14.1. The summed E-state index contributed by atoms with van der Waals surface area (Å²) in [4.78, 5) is 11.1. The number of hydrogen-bond donors (Lipinski definition) is 0. The Bertz CT molecular complexity index is 756. The summed E-state index contributed by atoms with van der Waals surface area (Å²) in [6, 6.07) is 27.6. The predicted molar refractivity (Wildman–Crippen MR) is 97.8 cm³/mol. The Kier molecular flexibility index (Phi) is 5.26. The first-order valence-corrected chi connectivity index (χ1v) is 8.14. The average Bonchev–Trinajstić information content (AvgIpc) is 2.71. The molecule has 0 saturated carbocycles. The van der Waals surface area contributed by atoms with E-state index in [1.807, 2.05) is 84.9 Å². The highest BCUT2D eigenvalue weighted by Crippen LogP contribution is 2.40. The predicted octanol–water partition coefficient (Wildman–Crippen LogP) is 4.20. The summed E-state index contributed by atoms with van der Waals surface area (Å²) in [6.45, 7) is -0.00415. The number of methoxy groups -OCH3 is 1. The van der Waals surface area contributed by atoms with Crippen molar-refractivity contribution in [1.29, 1.82) is 0 Å². The second-order valence-corrected chi connectivity index (χ2v) is 5.62. The topological polar surface area (TPSA) is 35.5 Å². The first-order valence-electron chi connectivity index (χ1n) is 8.14. The molecule has 3 nitrogen and oxygen atoms in total. The van der Waals surface area contributed by atoms with Crippen molar-refractivity contribution in [3.8, 4) is 5.75 Å². The van der Waals surface area contributed by atoms with Crippen LogP contribution >= 0.6 is 0 Å². The lowest BCUT2D eigenvalue weighted by atomic mass is 9.80. The van der Waals surface area contributed by atoms with Crippen molar-refractivity contribution in [3.05, 3.63) is 102 Å². The Morgan fingerprint density at radius 1 is 0.760 bits per heavy atom. The average molecular weight is 332 g/mol. The minimum Gasteiger partial charge on any atom is -0.497 e. The maximum atomic E-state index is 11.1. The van der Waals surface area contributed by atoms with Gasteiger partial charge in [0.15, 0.2) is 0 Å². The minimum atomic E-state index is -0.865. The fraction of sp³-hybridized carbons (Fsp3) is 0.136. The van der Waals surface area contributed by atoms with E-state index in [-0.39, 0.29) is 6.61 Å². The Hall–Kier alpha value is -2.91. The largest absolute Gasteiger partial charge is 0.497 e. The Balaban J connectivity index is 2.25. The van der Waals surface area contributed by atoms with Gasteiger partial charge in [0.1, 0.15) is 24.2 Å². The number of rotatable bonds is 7. The van der Waals surface area contributed by atoms with E-state index in [4.69, 9.17) is 9.47 Å². The maximum Gasteiger partial charge on any atom is 0.145 e. The third-order valence-corrected chi connectivity index (χ3v) is 4.23. The van der Waals surface area contributed by atoms with Gasteiger partial charge in [0, 0.05) is 0 Å². The van der Waals surface area contributed by atoms with Gasteiger partial charge < -0.3 is 14.3 Å².